The smallest absolute Gasteiger partial charge is 0.239 e. The van der Waals surface area contributed by atoms with Crippen molar-refractivity contribution in [1.82, 2.24) is 4.98 Å². The van der Waals surface area contributed by atoms with Gasteiger partial charge in [-0.25, -0.2) is 13.6 Å². The van der Waals surface area contributed by atoms with E-state index in [-0.39, 0.29) is 11.3 Å². The van der Waals surface area contributed by atoms with Gasteiger partial charge in [-0.2, -0.15) is 5.26 Å². The molecule has 0 amide bonds. The molecule has 0 aliphatic carbocycles. The Labute approximate surface area is 75.9 Å². The maximum atomic E-state index is 10.8. The maximum absolute atomic E-state index is 10.8. The molecule has 6 heteroatoms. The second-order valence-corrected chi connectivity index (χ2v) is 3.93. The van der Waals surface area contributed by atoms with Gasteiger partial charge in [0, 0.05) is 6.20 Å². The summed E-state index contributed by atoms with van der Waals surface area (Å²) in [4.78, 5) is 3.71. The molecule has 0 atom stereocenters. The predicted octanol–water partition coefficient (Wildman–Crippen LogP) is -0.205. The number of nitrogens with zero attached hydrogens (tertiary/aromatic N) is 2. The molecular formula is C7H7N3O2S. The summed E-state index contributed by atoms with van der Waals surface area (Å²) < 4.78 is 21.5. The summed E-state index contributed by atoms with van der Waals surface area (Å²) in [6.45, 7) is 0. The molecule has 0 bridgehead atoms. The van der Waals surface area contributed by atoms with E-state index in [0.717, 1.165) is 6.20 Å². The zero-order chi connectivity index (χ0) is 9.90. The van der Waals surface area contributed by atoms with Crippen molar-refractivity contribution in [1.29, 1.82) is 5.26 Å². The van der Waals surface area contributed by atoms with Gasteiger partial charge in [-0.05, 0) is 12.1 Å². The minimum absolute atomic E-state index is 0.0470. The number of nitrogens with two attached hydrogens (primary N) is 1. The molecule has 0 aliphatic heterocycles. The highest BCUT2D eigenvalue weighted by atomic mass is 32.2. The van der Waals surface area contributed by atoms with Crippen molar-refractivity contribution >= 4 is 10.0 Å². The van der Waals surface area contributed by atoms with Crippen LogP contribution < -0.4 is 5.14 Å². The summed E-state index contributed by atoms with van der Waals surface area (Å²) in [6.07, 6.45) is 1.30. The first-order valence-electron chi connectivity index (χ1n) is 3.39. The van der Waals surface area contributed by atoms with E-state index >= 15 is 0 Å². The molecule has 0 aromatic carbocycles. The van der Waals surface area contributed by atoms with E-state index in [0.29, 0.717) is 5.69 Å². The first-order chi connectivity index (χ1) is 6.04. The minimum atomic E-state index is -3.68. The molecule has 0 saturated carbocycles. The molecule has 1 aromatic rings. The van der Waals surface area contributed by atoms with Gasteiger partial charge < -0.3 is 0 Å². The Morgan fingerprint density at radius 3 is 2.62 bits per heavy atom. The molecule has 0 unspecified atom stereocenters. The van der Waals surface area contributed by atoms with Crippen LogP contribution in [0.3, 0.4) is 0 Å². The topological polar surface area (TPSA) is 96.8 Å². The average molecular weight is 197 g/mol. The molecule has 0 radical (unpaired) electrons. The van der Waals surface area contributed by atoms with Crippen molar-refractivity contribution in [3.05, 3.63) is 24.0 Å². The number of sulfonamides is 1. The van der Waals surface area contributed by atoms with Crippen LogP contribution in [0.2, 0.25) is 0 Å². The quantitative estimate of drug-likeness (QED) is 0.709. The van der Waals surface area contributed by atoms with Crippen molar-refractivity contribution in [2.24, 2.45) is 5.14 Å². The molecule has 0 aliphatic rings. The van der Waals surface area contributed by atoms with E-state index in [1.54, 1.807) is 0 Å². The van der Waals surface area contributed by atoms with Crippen molar-refractivity contribution < 1.29 is 8.42 Å². The lowest BCUT2D eigenvalue weighted by Gasteiger charge is -1.97. The number of hydrogen-bond acceptors (Lipinski definition) is 4. The number of aromatic nitrogens is 1. The molecular weight excluding hydrogens is 190 g/mol. The molecule has 0 fully saturated rings. The van der Waals surface area contributed by atoms with Crippen LogP contribution in [0.4, 0.5) is 0 Å². The molecule has 1 heterocycles. The zero-order valence-corrected chi connectivity index (χ0v) is 7.45. The van der Waals surface area contributed by atoms with Gasteiger partial charge in [0.15, 0.2) is 0 Å². The molecule has 1 aromatic heterocycles. The van der Waals surface area contributed by atoms with Crippen molar-refractivity contribution in [2.75, 3.05) is 0 Å². The normalized spacial score (nSPS) is 10.8. The molecule has 1 rings (SSSR count). The first-order valence-corrected chi connectivity index (χ1v) is 4.93. The van der Waals surface area contributed by atoms with Gasteiger partial charge >= 0.3 is 0 Å². The molecule has 0 spiro atoms. The van der Waals surface area contributed by atoms with Gasteiger partial charge in [0.05, 0.1) is 18.2 Å². The summed E-state index contributed by atoms with van der Waals surface area (Å²) in [5.74, 6) is 0. The Hall–Kier alpha value is -1.45. The summed E-state index contributed by atoms with van der Waals surface area (Å²) in [6, 6.07) is 4.69. The SMILES string of the molecule is N#CCc1ccc(S(N)(=O)=O)cn1. The summed E-state index contributed by atoms with van der Waals surface area (Å²) >= 11 is 0. The monoisotopic (exact) mass is 197 g/mol. The lowest BCUT2D eigenvalue weighted by molar-refractivity contribution is 0.597. The third kappa shape index (κ3) is 2.50. The van der Waals surface area contributed by atoms with Crippen molar-refractivity contribution in [2.45, 2.75) is 11.3 Å². The van der Waals surface area contributed by atoms with Crippen LogP contribution >= 0.6 is 0 Å². The second kappa shape index (κ2) is 3.51. The number of hydrogen-bond donors (Lipinski definition) is 1. The van der Waals surface area contributed by atoms with Crippen molar-refractivity contribution in [3.8, 4) is 6.07 Å². The van der Waals surface area contributed by atoms with E-state index < -0.39 is 10.0 Å². The minimum Gasteiger partial charge on any atom is -0.259 e. The predicted molar refractivity (Wildman–Crippen MR) is 44.9 cm³/mol. The molecule has 2 N–H and O–H groups in total. The third-order valence-electron chi connectivity index (χ3n) is 1.39. The van der Waals surface area contributed by atoms with Gasteiger partial charge in [-0.15, -0.1) is 0 Å². The lowest BCUT2D eigenvalue weighted by atomic mass is 10.3. The van der Waals surface area contributed by atoms with Gasteiger partial charge in [0.1, 0.15) is 4.90 Å². The van der Waals surface area contributed by atoms with E-state index in [4.69, 9.17) is 10.4 Å². The fourth-order valence-electron chi connectivity index (χ4n) is 0.765. The van der Waals surface area contributed by atoms with Crippen molar-refractivity contribution in [3.63, 3.8) is 0 Å². The van der Waals surface area contributed by atoms with Crippen LogP contribution in [0.5, 0.6) is 0 Å². The summed E-state index contributed by atoms with van der Waals surface area (Å²) in [5.41, 5.74) is 0.523. The molecule has 13 heavy (non-hydrogen) atoms. The highest BCUT2D eigenvalue weighted by Crippen LogP contribution is 2.05. The van der Waals surface area contributed by atoms with E-state index in [1.165, 1.54) is 12.1 Å². The van der Waals surface area contributed by atoms with Gasteiger partial charge in [-0.1, -0.05) is 0 Å². The number of nitriles is 1. The second-order valence-electron chi connectivity index (χ2n) is 2.37. The van der Waals surface area contributed by atoms with Gasteiger partial charge in [0.25, 0.3) is 0 Å². The van der Waals surface area contributed by atoms with Crippen LogP contribution in [-0.2, 0) is 16.4 Å². The third-order valence-corrected chi connectivity index (χ3v) is 2.28. The Morgan fingerprint density at radius 2 is 2.23 bits per heavy atom. The highest BCUT2D eigenvalue weighted by molar-refractivity contribution is 7.89. The summed E-state index contributed by atoms with van der Waals surface area (Å²) in [7, 11) is -3.68. The van der Waals surface area contributed by atoms with Crippen LogP contribution in [-0.4, -0.2) is 13.4 Å². The average Bonchev–Trinajstić information content (AvgIpc) is 2.04. The van der Waals surface area contributed by atoms with E-state index in [9.17, 15) is 8.42 Å². The molecule has 68 valence electrons. The molecule has 5 nitrogen and oxygen atoms in total. The number of pyridine rings is 1. The lowest BCUT2D eigenvalue weighted by Crippen LogP contribution is -2.12. The summed E-state index contributed by atoms with van der Waals surface area (Å²) in [5, 5.41) is 13.2. The largest absolute Gasteiger partial charge is 0.259 e. The Kier molecular flexibility index (Phi) is 2.60. The standard InChI is InChI=1S/C7H7N3O2S/c8-4-3-6-1-2-7(5-10-6)13(9,11)12/h1-2,5H,3H2,(H2,9,11,12). The first kappa shape index (κ1) is 9.64. The number of rotatable bonds is 2. The van der Waals surface area contributed by atoms with Gasteiger partial charge in [-0.3, -0.25) is 4.98 Å². The Morgan fingerprint density at radius 1 is 1.54 bits per heavy atom. The Bertz CT molecular complexity index is 430. The molecule has 0 saturated heterocycles. The van der Waals surface area contributed by atoms with E-state index in [1.807, 2.05) is 6.07 Å². The van der Waals surface area contributed by atoms with E-state index in [2.05, 4.69) is 4.98 Å². The zero-order valence-electron chi connectivity index (χ0n) is 6.64. The highest BCUT2D eigenvalue weighted by Gasteiger charge is 2.06. The van der Waals surface area contributed by atoms with Crippen LogP contribution in [0.15, 0.2) is 23.2 Å². The van der Waals surface area contributed by atoms with Crippen LogP contribution in [0.25, 0.3) is 0 Å². The maximum Gasteiger partial charge on any atom is 0.239 e. The van der Waals surface area contributed by atoms with Gasteiger partial charge in [0.2, 0.25) is 10.0 Å². The van der Waals surface area contributed by atoms with Crippen LogP contribution in [0, 0.1) is 11.3 Å². The fourth-order valence-corrected chi connectivity index (χ4v) is 1.22. The Balaban J connectivity index is 3.03. The number of primary sulfonamides is 1. The fraction of sp³-hybridized carbons (Fsp3) is 0.143. The van der Waals surface area contributed by atoms with Crippen LogP contribution in [0.1, 0.15) is 5.69 Å².